The molecule has 0 aliphatic heterocycles. The van der Waals surface area contributed by atoms with Gasteiger partial charge in [-0.3, -0.25) is 4.79 Å². The molecule has 1 aromatic heterocycles. The molecule has 2 N–H and O–H groups in total. The van der Waals surface area contributed by atoms with E-state index in [1.807, 2.05) is 24.3 Å². The Hall–Kier alpha value is -3.33. The number of hydrogen-bond donors (Lipinski definition) is 2. The van der Waals surface area contributed by atoms with Gasteiger partial charge in [0.1, 0.15) is 5.75 Å². The summed E-state index contributed by atoms with van der Waals surface area (Å²) in [5.41, 5.74) is 1.51. The largest absolute Gasteiger partial charge is 0.497 e. The van der Waals surface area contributed by atoms with Gasteiger partial charge in [-0.05, 0) is 35.9 Å². The van der Waals surface area contributed by atoms with Gasteiger partial charge in [-0.2, -0.15) is 0 Å². The minimum Gasteiger partial charge on any atom is -0.497 e. The Morgan fingerprint density at radius 1 is 1.18 bits per heavy atom. The summed E-state index contributed by atoms with van der Waals surface area (Å²) in [5.74, 6) is -0.0857. The van der Waals surface area contributed by atoms with Gasteiger partial charge in [0.2, 0.25) is 11.8 Å². The Morgan fingerprint density at radius 3 is 2.68 bits per heavy atom. The van der Waals surface area contributed by atoms with Crippen molar-refractivity contribution in [1.29, 1.82) is 0 Å². The lowest BCUT2D eigenvalue weighted by Gasteiger charge is -2.04. The summed E-state index contributed by atoms with van der Waals surface area (Å²) in [6, 6.07) is 13.6. The third-order valence-electron chi connectivity index (χ3n) is 3.68. The first-order valence-electron chi connectivity index (χ1n) is 8.25. The number of methoxy groups -OCH3 is 1. The first-order valence-corrected chi connectivity index (χ1v) is 9.23. The van der Waals surface area contributed by atoms with Crippen LogP contribution in [0.25, 0.3) is 0 Å². The second-order valence-corrected chi connectivity index (χ2v) is 6.64. The third-order valence-corrected chi connectivity index (χ3v) is 4.50. The third kappa shape index (κ3) is 5.34. The van der Waals surface area contributed by atoms with Crippen LogP contribution in [0.4, 0.5) is 5.69 Å². The molecule has 9 heteroatoms. The van der Waals surface area contributed by atoms with Crippen molar-refractivity contribution in [2.75, 3.05) is 18.2 Å². The number of thioether (sulfide) groups is 1. The number of carboxylic acid groups (broad SMARTS) is 1. The maximum Gasteiger partial charge on any atom is 0.335 e. The molecule has 8 nitrogen and oxygen atoms in total. The molecular formula is C19H17N3O5S. The summed E-state index contributed by atoms with van der Waals surface area (Å²) >= 11 is 1.11. The Balaban J connectivity index is 1.51. The average Bonchev–Trinajstić information content (AvgIpc) is 3.14. The highest BCUT2D eigenvalue weighted by Crippen LogP contribution is 2.19. The van der Waals surface area contributed by atoms with Crippen LogP contribution in [0.15, 0.2) is 58.2 Å². The molecule has 2 aromatic carbocycles. The molecule has 0 spiro atoms. The highest BCUT2D eigenvalue weighted by Gasteiger charge is 2.11. The highest BCUT2D eigenvalue weighted by molar-refractivity contribution is 7.99. The number of nitrogens with one attached hydrogen (secondary N) is 1. The van der Waals surface area contributed by atoms with Gasteiger partial charge in [0.15, 0.2) is 0 Å². The molecule has 3 aromatic rings. The number of ether oxygens (including phenoxy) is 1. The van der Waals surface area contributed by atoms with Gasteiger partial charge in [-0.1, -0.05) is 30.0 Å². The predicted octanol–water partition coefficient (Wildman–Crippen LogP) is 3.10. The first-order chi connectivity index (χ1) is 13.5. The molecule has 1 heterocycles. The van der Waals surface area contributed by atoms with Crippen molar-refractivity contribution < 1.29 is 23.8 Å². The zero-order chi connectivity index (χ0) is 19.9. The van der Waals surface area contributed by atoms with E-state index in [0.717, 1.165) is 23.1 Å². The molecule has 1 amide bonds. The van der Waals surface area contributed by atoms with Gasteiger partial charge >= 0.3 is 5.97 Å². The van der Waals surface area contributed by atoms with Crippen LogP contribution in [0.2, 0.25) is 0 Å². The fraction of sp³-hybridized carbons (Fsp3) is 0.158. The van der Waals surface area contributed by atoms with Gasteiger partial charge in [0.25, 0.3) is 5.22 Å². The smallest absolute Gasteiger partial charge is 0.335 e. The van der Waals surface area contributed by atoms with Crippen LogP contribution < -0.4 is 10.1 Å². The van der Waals surface area contributed by atoms with Crippen molar-refractivity contribution in [3.8, 4) is 5.75 Å². The van der Waals surface area contributed by atoms with Crippen LogP contribution in [0.1, 0.15) is 21.8 Å². The number of benzene rings is 2. The van der Waals surface area contributed by atoms with E-state index >= 15 is 0 Å². The molecule has 3 rings (SSSR count). The lowest BCUT2D eigenvalue weighted by Crippen LogP contribution is -2.14. The summed E-state index contributed by atoms with van der Waals surface area (Å²) in [5, 5.41) is 19.8. The molecule has 0 aliphatic rings. The summed E-state index contributed by atoms with van der Waals surface area (Å²) in [4.78, 5) is 23.0. The van der Waals surface area contributed by atoms with E-state index in [-0.39, 0.29) is 22.4 Å². The predicted molar refractivity (Wildman–Crippen MR) is 103 cm³/mol. The molecule has 0 bridgehead atoms. The monoisotopic (exact) mass is 399 g/mol. The van der Waals surface area contributed by atoms with Gasteiger partial charge in [-0.25, -0.2) is 4.79 Å². The Kier molecular flexibility index (Phi) is 6.28. The number of aromatic nitrogens is 2. The van der Waals surface area contributed by atoms with E-state index in [0.29, 0.717) is 18.0 Å². The average molecular weight is 399 g/mol. The maximum absolute atomic E-state index is 12.0. The normalized spacial score (nSPS) is 10.5. The standard InChI is InChI=1S/C19H17N3O5S/c1-26-15-7-5-12(6-8-15)9-17-21-22-19(27-17)28-11-16(23)20-14-4-2-3-13(10-14)18(24)25/h2-8,10H,9,11H2,1H3,(H,20,23)(H,24,25). The number of carbonyl (C=O) groups is 2. The number of anilines is 1. The van der Waals surface area contributed by atoms with Crippen LogP contribution in [0.3, 0.4) is 0 Å². The number of carboxylic acids is 1. The highest BCUT2D eigenvalue weighted by atomic mass is 32.2. The molecule has 0 saturated heterocycles. The van der Waals surface area contributed by atoms with Crippen LogP contribution >= 0.6 is 11.8 Å². The molecule has 0 atom stereocenters. The minimum absolute atomic E-state index is 0.0570. The molecule has 0 fully saturated rings. The van der Waals surface area contributed by atoms with Crippen LogP contribution in [0.5, 0.6) is 5.75 Å². The van der Waals surface area contributed by atoms with E-state index in [1.54, 1.807) is 19.2 Å². The topological polar surface area (TPSA) is 115 Å². The van der Waals surface area contributed by atoms with Crippen LogP contribution in [0, 0.1) is 0 Å². The number of aromatic carboxylic acids is 1. The van der Waals surface area contributed by atoms with Crippen molar-refractivity contribution >= 4 is 29.3 Å². The Labute approximate surface area is 164 Å². The van der Waals surface area contributed by atoms with Gasteiger partial charge < -0.3 is 19.6 Å². The van der Waals surface area contributed by atoms with Crippen molar-refractivity contribution in [2.45, 2.75) is 11.6 Å². The molecule has 0 radical (unpaired) electrons. The first kappa shape index (κ1) is 19.4. The molecule has 0 unspecified atom stereocenters. The van der Waals surface area contributed by atoms with Crippen LogP contribution in [-0.2, 0) is 11.2 Å². The summed E-state index contributed by atoms with van der Waals surface area (Å²) in [7, 11) is 1.61. The van der Waals surface area contributed by atoms with Crippen molar-refractivity contribution in [3.05, 3.63) is 65.5 Å². The molecule has 144 valence electrons. The van der Waals surface area contributed by atoms with E-state index < -0.39 is 5.97 Å². The number of rotatable bonds is 8. The number of carbonyl (C=O) groups excluding carboxylic acids is 1. The lowest BCUT2D eigenvalue weighted by molar-refractivity contribution is -0.113. The summed E-state index contributed by atoms with van der Waals surface area (Å²) in [6.45, 7) is 0. The Morgan fingerprint density at radius 2 is 1.96 bits per heavy atom. The SMILES string of the molecule is COc1ccc(Cc2nnc(SCC(=O)Nc3cccc(C(=O)O)c3)o2)cc1. The maximum atomic E-state index is 12.0. The van der Waals surface area contributed by atoms with E-state index in [1.165, 1.54) is 12.1 Å². The fourth-order valence-corrected chi connectivity index (χ4v) is 2.92. The summed E-state index contributed by atoms with van der Waals surface area (Å²) in [6.07, 6.45) is 0.478. The van der Waals surface area contributed by atoms with Crippen molar-refractivity contribution in [2.24, 2.45) is 0 Å². The fourth-order valence-electron chi connectivity index (χ4n) is 2.34. The van der Waals surface area contributed by atoms with Gasteiger partial charge in [0, 0.05) is 5.69 Å². The lowest BCUT2D eigenvalue weighted by atomic mass is 10.1. The van der Waals surface area contributed by atoms with Gasteiger partial charge in [0.05, 0.1) is 24.8 Å². The van der Waals surface area contributed by atoms with E-state index in [4.69, 9.17) is 14.3 Å². The number of nitrogens with zero attached hydrogens (tertiary/aromatic N) is 2. The quantitative estimate of drug-likeness (QED) is 0.555. The van der Waals surface area contributed by atoms with Crippen molar-refractivity contribution in [1.82, 2.24) is 10.2 Å². The second kappa shape index (κ2) is 9.05. The zero-order valence-corrected chi connectivity index (χ0v) is 15.7. The van der Waals surface area contributed by atoms with Crippen molar-refractivity contribution in [3.63, 3.8) is 0 Å². The Bertz CT molecular complexity index is 972. The van der Waals surface area contributed by atoms with Crippen LogP contribution in [-0.4, -0.2) is 40.0 Å². The molecule has 0 aliphatic carbocycles. The second-order valence-electron chi connectivity index (χ2n) is 5.71. The number of amides is 1. The summed E-state index contributed by atoms with van der Waals surface area (Å²) < 4.78 is 10.7. The molecule has 0 saturated carbocycles. The molecule has 28 heavy (non-hydrogen) atoms. The van der Waals surface area contributed by atoms with Gasteiger partial charge in [-0.15, -0.1) is 10.2 Å². The van der Waals surface area contributed by atoms with E-state index in [9.17, 15) is 9.59 Å². The van der Waals surface area contributed by atoms with E-state index in [2.05, 4.69) is 15.5 Å². The minimum atomic E-state index is -1.05. The zero-order valence-electron chi connectivity index (χ0n) is 14.9. The molecular weight excluding hydrogens is 382 g/mol. The number of hydrogen-bond acceptors (Lipinski definition) is 7.